The summed E-state index contributed by atoms with van der Waals surface area (Å²) >= 11 is 0. The summed E-state index contributed by atoms with van der Waals surface area (Å²) in [5, 5.41) is 20.5. The standard InChI is InChI=1S/C14H11NO.C3H6O3/c1-9-13-8-10(16)6-7-11(13)12-4-2-3-5-14(12)15-9;1-2-6-3(4)5/h2-8,16H,1H3;2H2,1H3,(H,4,5). The van der Waals surface area contributed by atoms with E-state index in [0.29, 0.717) is 0 Å². The van der Waals surface area contributed by atoms with Gasteiger partial charge >= 0.3 is 6.16 Å². The summed E-state index contributed by atoms with van der Waals surface area (Å²) in [6.07, 6.45) is -1.21. The first kappa shape index (κ1) is 15.6. The molecule has 0 aliphatic rings. The molecule has 1 heterocycles. The highest BCUT2D eigenvalue weighted by Crippen LogP contribution is 2.28. The Morgan fingerprint density at radius 2 is 1.86 bits per heavy atom. The number of para-hydroxylation sites is 1. The second-order valence-electron chi connectivity index (χ2n) is 4.64. The molecule has 0 unspecified atom stereocenters. The molecule has 0 aliphatic carbocycles. The molecule has 22 heavy (non-hydrogen) atoms. The van der Waals surface area contributed by atoms with Crippen LogP contribution in [-0.4, -0.2) is 28.0 Å². The molecule has 0 amide bonds. The molecule has 2 N–H and O–H groups in total. The Morgan fingerprint density at radius 1 is 1.14 bits per heavy atom. The normalized spacial score (nSPS) is 10.1. The summed E-state index contributed by atoms with van der Waals surface area (Å²) < 4.78 is 3.96. The second kappa shape index (κ2) is 6.76. The Bertz CT molecular complexity index is 814. The molecule has 0 saturated heterocycles. The number of aromatic nitrogens is 1. The van der Waals surface area contributed by atoms with E-state index in [-0.39, 0.29) is 12.4 Å². The fraction of sp³-hybridized carbons (Fsp3) is 0.176. The average Bonchev–Trinajstić information content (AvgIpc) is 2.48. The van der Waals surface area contributed by atoms with Gasteiger partial charge in [0.2, 0.25) is 0 Å². The van der Waals surface area contributed by atoms with Gasteiger partial charge in [0.1, 0.15) is 5.75 Å². The van der Waals surface area contributed by atoms with Gasteiger partial charge in [0.25, 0.3) is 0 Å². The van der Waals surface area contributed by atoms with Crippen LogP contribution in [0.1, 0.15) is 12.6 Å². The molecule has 3 rings (SSSR count). The number of fused-ring (bicyclic) bond motifs is 3. The number of hydrogen-bond acceptors (Lipinski definition) is 4. The van der Waals surface area contributed by atoms with Crippen LogP contribution in [0.25, 0.3) is 21.7 Å². The maximum Gasteiger partial charge on any atom is 0.505 e. The van der Waals surface area contributed by atoms with E-state index in [4.69, 9.17) is 5.11 Å². The van der Waals surface area contributed by atoms with E-state index < -0.39 is 6.16 Å². The molecule has 2 aromatic carbocycles. The third kappa shape index (κ3) is 3.44. The third-order valence-electron chi connectivity index (χ3n) is 3.14. The zero-order valence-electron chi connectivity index (χ0n) is 12.4. The van der Waals surface area contributed by atoms with Gasteiger partial charge in [-0.1, -0.05) is 18.2 Å². The van der Waals surface area contributed by atoms with Gasteiger partial charge in [-0.15, -0.1) is 0 Å². The van der Waals surface area contributed by atoms with Gasteiger partial charge in [0.15, 0.2) is 0 Å². The Labute approximate surface area is 127 Å². The SMILES string of the molecule is CCOC(=O)O.Cc1nc2ccccc2c2ccc(O)cc12. The molecule has 0 bridgehead atoms. The van der Waals surface area contributed by atoms with E-state index in [1.165, 1.54) is 0 Å². The van der Waals surface area contributed by atoms with Gasteiger partial charge < -0.3 is 14.9 Å². The minimum Gasteiger partial charge on any atom is -0.508 e. The molecule has 114 valence electrons. The van der Waals surface area contributed by atoms with E-state index in [1.807, 2.05) is 31.2 Å². The van der Waals surface area contributed by atoms with Crippen molar-refractivity contribution in [1.29, 1.82) is 0 Å². The highest BCUT2D eigenvalue weighted by atomic mass is 16.7. The molecular weight excluding hydrogens is 282 g/mol. The molecule has 0 atom stereocenters. The van der Waals surface area contributed by atoms with Gasteiger partial charge in [-0.2, -0.15) is 0 Å². The number of rotatable bonds is 1. The number of carbonyl (C=O) groups is 1. The molecule has 0 fully saturated rings. The smallest absolute Gasteiger partial charge is 0.505 e. The maximum atomic E-state index is 9.50. The lowest BCUT2D eigenvalue weighted by Gasteiger charge is -2.06. The molecule has 0 spiro atoms. The van der Waals surface area contributed by atoms with Crippen LogP contribution in [0, 0.1) is 6.92 Å². The van der Waals surface area contributed by atoms with E-state index in [1.54, 1.807) is 19.1 Å². The predicted molar refractivity (Wildman–Crippen MR) is 85.3 cm³/mol. The average molecular weight is 299 g/mol. The molecule has 5 nitrogen and oxygen atoms in total. The minimum atomic E-state index is -1.21. The lowest BCUT2D eigenvalue weighted by atomic mass is 10.0. The topological polar surface area (TPSA) is 79.7 Å². The number of aryl methyl sites for hydroxylation is 1. The first-order valence-electron chi connectivity index (χ1n) is 6.86. The van der Waals surface area contributed by atoms with E-state index in [0.717, 1.165) is 27.4 Å². The highest BCUT2D eigenvalue weighted by Gasteiger charge is 2.05. The quantitative estimate of drug-likeness (QED) is 0.522. The Hall–Kier alpha value is -2.82. The number of nitrogens with zero attached hydrogens (tertiary/aromatic N) is 1. The monoisotopic (exact) mass is 299 g/mol. The van der Waals surface area contributed by atoms with Crippen molar-refractivity contribution in [2.75, 3.05) is 6.61 Å². The molecular formula is C17H17NO4. The number of ether oxygens (including phenoxy) is 1. The summed E-state index contributed by atoms with van der Waals surface area (Å²) in [5.74, 6) is 0.285. The Morgan fingerprint density at radius 3 is 2.50 bits per heavy atom. The molecule has 1 aromatic heterocycles. The predicted octanol–water partition coefficient (Wildman–Crippen LogP) is 4.10. The molecule has 5 heteroatoms. The third-order valence-corrected chi connectivity index (χ3v) is 3.14. The van der Waals surface area contributed by atoms with Gasteiger partial charge in [-0.25, -0.2) is 4.79 Å². The van der Waals surface area contributed by atoms with Crippen molar-refractivity contribution in [3.8, 4) is 5.75 Å². The summed E-state index contributed by atoms with van der Waals surface area (Å²) in [6, 6.07) is 13.5. The van der Waals surface area contributed by atoms with Crippen molar-refractivity contribution in [3.63, 3.8) is 0 Å². The van der Waals surface area contributed by atoms with Crippen LogP contribution in [0.15, 0.2) is 42.5 Å². The van der Waals surface area contributed by atoms with Crippen LogP contribution in [0.2, 0.25) is 0 Å². The zero-order valence-corrected chi connectivity index (χ0v) is 12.4. The summed E-state index contributed by atoms with van der Waals surface area (Å²) in [4.78, 5) is 13.9. The minimum absolute atomic E-state index is 0.231. The number of carboxylic acid groups (broad SMARTS) is 1. The molecule has 0 saturated carbocycles. The van der Waals surface area contributed by atoms with Gasteiger partial charge in [0, 0.05) is 16.5 Å². The Balaban J connectivity index is 0.000000254. The van der Waals surface area contributed by atoms with Crippen LogP contribution >= 0.6 is 0 Å². The molecule has 0 aliphatic heterocycles. The highest BCUT2D eigenvalue weighted by molar-refractivity contribution is 6.06. The van der Waals surface area contributed by atoms with E-state index >= 15 is 0 Å². The summed E-state index contributed by atoms with van der Waals surface area (Å²) in [7, 11) is 0. The number of phenolic OH excluding ortho intramolecular Hbond substituents is 1. The van der Waals surface area contributed by atoms with Crippen LogP contribution < -0.4 is 0 Å². The lowest BCUT2D eigenvalue weighted by molar-refractivity contribution is 0.0966. The van der Waals surface area contributed by atoms with Crippen molar-refractivity contribution in [3.05, 3.63) is 48.2 Å². The van der Waals surface area contributed by atoms with Crippen LogP contribution in [0.3, 0.4) is 0 Å². The van der Waals surface area contributed by atoms with Gasteiger partial charge in [-0.05, 0) is 43.5 Å². The number of phenols is 1. The Kier molecular flexibility index (Phi) is 4.78. The van der Waals surface area contributed by atoms with Crippen LogP contribution in [-0.2, 0) is 4.74 Å². The summed E-state index contributed by atoms with van der Waals surface area (Å²) in [5.41, 5.74) is 1.95. The molecule has 3 aromatic rings. The zero-order chi connectivity index (χ0) is 16.1. The number of hydrogen-bond donors (Lipinski definition) is 2. The van der Waals surface area contributed by atoms with E-state index in [2.05, 4.69) is 15.8 Å². The number of aromatic hydroxyl groups is 1. The maximum absolute atomic E-state index is 9.50. The van der Waals surface area contributed by atoms with Crippen molar-refractivity contribution >= 4 is 27.8 Å². The second-order valence-corrected chi connectivity index (χ2v) is 4.64. The number of benzene rings is 2. The van der Waals surface area contributed by atoms with Crippen molar-refractivity contribution in [2.45, 2.75) is 13.8 Å². The van der Waals surface area contributed by atoms with Crippen molar-refractivity contribution in [2.24, 2.45) is 0 Å². The van der Waals surface area contributed by atoms with Crippen LogP contribution in [0.5, 0.6) is 5.75 Å². The van der Waals surface area contributed by atoms with Crippen molar-refractivity contribution in [1.82, 2.24) is 4.98 Å². The van der Waals surface area contributed by atoms with Crippen molar-refractivity contribution < 1.29 is 19.7 Å². The fourth-order valence-corrected chi connectivity index (χ4v) is 2.23. The summed E-state index contributed by atoms with van der Waals surface area (Å²) in [6.45, 7) is 3.82. The molecule has 0 radical (unpaired) electrons. The fourth-order valence-electron chi connectivity index (χ4n) is 2.23. The largest absolute Gasteiger partial charge is 0.508 e. The van der Waals surface area contributed by atoms with E-state index in [9.17, 15) is 9.90 Å². The first-order chi connectivity index (χ1) is 10.5. The number of pyridine rings is 1. The lowest BCUT2D eigenvalue weighted by Crippen LogP contribution is -1.97. The first-order valence-corrected chi connectivity index (χ1v) is 6.86. The van der Waals surface area contributed by atoms with Crippen LogP contribution in [0.4, 0.5) is 4.79 Å². The van der Waals surface area contributed by atoms with Gasteiger partial charge in [-0.3, -0.25) is 4.98 Å². The van der Waals surface area contributed by atoms with Gasteiger partial charge in [0.05, 0.1) is 12.1 Å².